The van der Waals surface area contributed by atoms with Crippen molar-refractivity contribution >= 4 is 33.4 Å². The molecule has 0 aliphatic rings. The van der Waals surface area contributed by atoms with Crippen LogP contribution in [0.25, 0.3) is 44.3 Å². The molecule has 6 rings (SSSR count). The average Bonchev–Trinajstić information content (AvgIpc) is 3.22. The van der Waals surface area contributed by atoms with Gasteiger partial charge in [0.25, 0.3) is 0 Å². The number of carbonyl (C=O) groups excluding carboxylic acids is 2. The minimum absolute atomic E-state index is 0. The first kappa shape index (κ1) is 61.4. The number of fused-ring (bicyclic) bond motifs is 2. The Balaban J connectivity index is 0.000000467. The second kappa shape index (κ2) is 29.4. The van der Waals surface area contributed by atoms with Crippen LogP contribution in [0.5, 0.6) is 0 Å². The summed E-state index contributed by atoms with van der Waals surface area (Å²) >= 11 is 0. The van der Waals surface area contributed by atoms with Crippen LogP contribution in [0.15, 0.2) is 109 Å². The maximum absolute atomic E-state index is 11.2. The van der Waals surface area contributed by atoms with E-state index in [0.717, 1.165) is 44.7 Å². The number of hydrogen-bond acceptors (Lipinski definition) is 6. The Morgan fingerprint density at radius 2 is 0.941 bits per heavy atom. The number of hydrogen-bond donors (Lipinski definition) is 2. The van der Waals surface area contributed by atoms with Gasteiger partial charge in [-0.3, -0.25) is 19.6 Å². The molecular formula is C60H76Ir2N2O4-2. The second-order valence-electron chi connectivity index (χ2n) is 19.7. The molecule has 0 spiro atoms. The fraction of sp³-hybridized carbons (Fsp3) is 0.400. The zero-order chi connectivity index (χ0) is 49.4. The number of aliphatic hydroxyl groups is 2. The summed E-state index contributed by atoms with van der Waals surface area (Å²) < 4.78 is 0. The molecule has 0 unspecified atom stereocenters. The topological polar surface area (TPSA) is 100 Å². The van der Waals surface area contributed by atoms with Crippen LogP contribution in [0.4, 0.5) is 0 Å². The molecule has 2 aromatic heterocycles. The zero-order valence-corrected chi connectivity index (χ0v) is 48.2. The maximum Gasteiger partial charge on any atom is 0.161 e. The molecule has 0 aliphatic carbocycles. The summed E-state index contributed by atoms with van der Waals surface area (Å²) in [7, 11) is 0. The monoisotopic (exact) mass is 1270 g/mol. The Morgan fingerprint density at radius 1 is 0.529 bits per heavy atom. The van der Waals surface area contributed by atoms with Crippen LogP contribution in [0, 0.1) is 63.5 Å². The van der Waals surface area contributed by atoms with Gasteiger partial charge in [-0.1, -0.05) is 147 Å². The van der Waals surface area contributed by atoms with Gasteiger partial charge in [0, 0.05) is 77.0 Å². The van der Waals surface area contributed by atoms with Crippen molar-refractivity contribution < 1.29 is 60.0 Å². The molecule has 6 aromatic rings. The number of nitrogens with zero attached hydrogens (tertiary/aromatic N) is 2. The third-order valence-electron chi connectivity index (χ3n) is 10.6. The van der Waals surface area contributed by atoms with Crippen LogP contribution in [0.2, 0.25) is 0 Å². The van der Waals surface area contributed by atoms with Gasteiger partial charge in [0.2, 0.25) is 0 Å². The van der Waals surface area contributed by atoms with Gasteiger partial charge >= 0.3 is 0 Å². The molecule has 2 N–H and O–H groups in total. The van der Waals surface area contributed by atoms with Crippen molar-refractivity contribution in [3.05, 3.63) is 154 Å². The summed E-state index contributed by atoms with van der Waals surface area (Å²) in [5.74, 6) is 2.23. The molecule has 370 valence electrons. The number of aryl methyl sites for hydroxylation is 4. The molecule has 4 aromatic carbocycles. The van der Waals surface area contributed by atoms with E-state index >= 15 is 0 Å². The van der Waals surface area contributed by atoms with Crippen LogP contribution in [0.1, 0.15) is 141 Å². The van der Waals surface area contributed by atoms with Crippen LogP contribution >= 0.6 is 0 Å². The van der Waals surface area contributed by atoms with Crippen molar-refractivity contribution in [3.8, 4) is 22.5 Å². The minimum atomic E-state index is -0.0316. The Bertz CT molecular complexity index is 2440. The molecule has 0 saturated carbocycles. The Labute approximate surface area is 436 Å². The van der Waals surface area contributed by atoms with Gasteiger partial charge in [-0.25, -0.2) is 0 Å². The number of carbonyl (C=O) groups is 2. The molecule has 6 nitrogen and oxygen atoms in total. The zero-order valence-electron chi connectivity index (χ0n) is 43.4. The number of aliphatic hydroxyl groups excluding tert-OH is 2. The van der Waals surface area contributed by atoms with Crippen molar-refractivity contribution in [3.63, 3.8) is 0 Å². The molecule has 0 amide bonds. The average molecular weight is 1270 g/mol. The summed E-state index contributed by atoms with van der Waals surface area (Å²) in [5.41, 5.74) is 13.7. The third kappa shape index (κ3) is 21.0. The summed E-state index contributed by atoms with van der Waals surface area (Å²) in [6.07, 6.45) is 3.78. The number of aromatic nitrogens is 2. The molecule has 68 heavy (non-hydrogen) atoms. The van der Waals surface area contributed by atoms with Gasteiger partial charge < -0.3 is 10.2 Å². The normalized spacial score (nSPS) is 11.4. The predicted octanol–water partition coefficient (Wildman–Crippen LogP) is 16.3. The predicted molar refractivity (Wildman–Crippen MR) is 279 cm³/mol. The first-order valence-electron chi connectivity index (χ1n) is 23.6. The standard InChI is InChI=1S/2C20H20N.C11H20O2.C9H16O2.2Ir/c2*1-13(2)16-5-7-19-17(12-16)6-8-20(21-19)18-10-14(3)9-15(4)11-18;1-8(2)5-10(12)7-11(13)6-9(3)4;1-6(2)8(10)5-9(11)7(3)4;;/h2*5-10,12-13H,1-4H3;7-9,12H,5-6H2,1-4H3;5-7,10H,1-4H3;;/q2*-1;;;;. The Morgan fingerprint density at radius 3 is 1.28 bits per heavy atom. The van der Waals surface area contributed by atoms with E-state index in [4.69, 9.17) is 9.97 Å². The summed E-state index contributed by atoms with van der Waals surface area (Å²) in [4.78, 5) is 31.8. The molecule has 0 saturated heterocycles. The van der Waals surface area contributed by atoms with E-state index in [0.29, 0.717) is 36.5 Å². The fourth-order valence-electron chi connectivity index (χ4n) is 6.98. The number of pyridine rings is 2. The minimum Gasteiger partial charge on any atom is -0.512 e. The van der Waals surface area contributed by atoms with Crippen molar-refractivity contribution in [2.24, 2.45) is 23.7 Å². The van der Waals surface area contributed by atoms with E-state index in [1.807, 2.05) is 55.4 Å². The van der Waals surface area contributed by atoms with Gasteiger partial charge in [-0.15, -0.1) is 69.8 Å². The van der Waals surface area contributed by atoms with E-state index in [2.05, 4.69) is 152 Å². The number of allylic oxidation sites excluding steroid dienone is 4. The fourth-order valence-corrected chi connectivity index (χ4v) is 6.98. The molecular weight excluding hydrogens is 1200 g/mol. The number of ketones is 2. The summed E-state index contributed by atoms with van der Waals surface area (Å²) in [5, 5.41) is 20.9. The molecule has 0 aliphatic heterocycles. The molecule has 2 radical (unpaired) electrons. The van der Waals surface area contributed by atoms with Gasteiger partial charge in [0.1, 0.15) is 0 Å². The van der Waals surface area contributed by atoms with Gasteiger partial charge in [0.15, 0.2) is 11.6 Å². The van der Waals surface area contributed by atoms with Crippen molar-refractivity contribution in [2.45, 2.75) is 135 Å². The SMILES string of the molecule is CC(C)C(=O)C=C(O)C(C)C.CC(C)CC(=O)C=C(O)CC(C)C.Cc1[c-]c(-c2ccc3cc(C(C)C)ccc3n2)cc(C)c1.Cc1[c-]c(-c2ccc3cc(C(C)C)ccc3n2)cc(C)c1.[Ir].[Ir]. The van der Waals surface area contributed by atoms with Crippen molar-refractivity contribution in [1.82, 2.24) is 9.97 Å². The molecule has 0 atom stereocenters. The second-order valence-corrected chi connectivity index (χ2v) is 19.7. The third-order valence-corrected chi connectivity index (χ3v) is 10.6. The van der Waals surface area contributed by atoms with Crippen LogP contribution in [-0.2, 0) is 49.8 Å². The Hall–Kier alpha value is -4.58. The molecule has 2 heterocycles. The van der Waals surface area contributed by atoms with Crippen molar-refractivity contribution in [1.29, 1.82) is 0 Å². The van der Waals surface area contributed by atoms with Crippen molar-refractivity contribution in [2.75, 3.05) is 0 Å². The molecule has 0 fully saturated rings. The van der Waals surface area contributed by atoms with E-state index in [1.54, 1.807) is 0 Å². The van der Waals surface area contributed by atoms with Gasteiger partial charge in [-0.2, -0.15) is 0 Å². The molecule has 8 heteroatoms. The molecule has 0 bridgehead atoms. The quantitative estimate of drug-likeness (QED) is 0.0719. The van der Waals surface area contributed by atoms with E-state index in [-0.39, 0.29) is 75.1 Å². The number of rotatable bonds is 12. The van der Waals surface area contributed by atoms with E-state index < -0.39 is 0 Å². The van der Waals surface area contributed by atoms with E-state index in [1.165, 1.54) is 45.2 Å². The van der Waals surface area contributed by atoms with Crippen LogP contribution in [0.3, 0.4) is 0 Å². The van der Waals surface area contributed by atoms with Crippen LogP contribution < -0.4 is 0 Å². The summed E-state index contributed by atoms with van der Waals surface area (Å²) in [6, 6.07) is 36.9. The first-order valence-corrected chi connectivity index (χ1v) is 23.6. The van der Waals surface area contributed by atoms with E-state index in [9.17, 15) is 19.8 Å². The number of benzene rings is 4. The van der Waals surface area contributed by atoms with Crippen LogP contribution in [-0.4, -0.2) is 31.7 Å². The largest absolute Gasteiger partial charge is 0.512 e. The Kier molecular flexibility index (Phi) is 26.6. The van der Waals surface area contributed by atoms with Gasteiger partial charge in [0.05, 0.1) is 22.6 Å². The smallest absolute Gasteiger partial charge is 0.161 e. The first-order chi connectivity index (χ1) is 30.9. The van der Waals surface area contributed by atoms with Gasteiger partial charge in [-0.05, 0) is 81.2 Å². The maximum atomic E-state index is 11.2. The summed E-state index contributed by atoms with van der Waals surface area (Å²) in [6.45, 7) is 32.6.